The third kappa shape index (κ3) is 1.79. The summed E-state index contributed by atoms with van der Waals surface area (Å²) in [6.45, 7) is 7.73. The van der Waals surface area contributed by atoms with Gasteiger partial charge in [-0.2, -0.15) is 0 Å². The maximum atomic E-state index is 13.0. The third-order valence-corrected chi connectivity index (χ3v) is 5.86. The fraction of sp³-hybridized carbons (Fsp3) is 0.600. The van der Waals surface area contributed by atoms with Gasteiger partial charge in [-0.3, -0.25) is 9.59 Å². The maximum Gasteiger partial charge on any atom is 0.239 e. The first-order valence-electron chi connectivity index (χ1n) is 6.99. The second-order valence-corrected chi connectivity index (χ2v) is 7.39. The Bertz CT molecular complexity index is 578. The zero-order valence-electron chi connectivity index (χ0n) is 12.2. The number of nitrogens with one attached hydrogen (secondary N) is 1. The standard InChI is InChI=1S/C15H20N2O2S/c1-10-4-7-20-12(10)15(9-14(15,2)3)13(19)17-6-5-16-11(18)8-17/h4,7H,5-6,8-9H2,1-3H3,(H,16,18). The van der Waals surface area contributed by atoms with Crippen LogP contribution in [0.1, 0.15) is 30.7 Å². The van der Waals surface area contributed by atoms with Crippen LogP contribution in [0.5, 0.6) is 0 Å². The molecule has 0 radical (unpaired) electrons. The lowest BCUT2D eigenvalue weighted by atomic mass is 9.90. The summed E-state index contributed by atoms with van der Waals surface area (Å²) in [6.07, 6.45) is 0.873. The molecule has 1 aliphatic heterocycles. The van der Waals surface area contributed by atoms with E-state index in [1.807, 2.05) is 0 Å². The van der Waals surface area contributed by atoms with Gasteiger partial charge in [0.1, 0.15) is 0 Å². The van der Waals surface area contributed by atoms with E-state index in [-0.39, 0.29) is 23.8 Å². The highest BCUT2D eigenvalue weighted by molar-refractivity contribution is 7.10. The van der Waals surface area contributed by atoms with E-state index in [0.29, 0.717) is 13.1 Å². The van der Waals surface area contributed by atoms with Crippen LogP contribution in [-0.4, -0.2) is 36.3 Å². The van der Waals surface area contributed by atoms with Crippen molar-refractivity contribution in [2.24, 2.45) is 5.41 Å². The largest absolute Gasteiger partial charge is 0.353 e. The highest BCUT2D eigenvalue weighted by Crippen LogP contribution is 2.66. The van der Waals surface area contributed by atoms with E-state index in [1.165, 1.54) is 10.4 Å². The first-order valence-corrected chi connectivity index (χ1v) is 7.87. The highest BCUT2D eigenvalue weighted by Gasteiger charge is 2.69. The summed E-state index contributed by atoms with van der Waals surface area (Å²) in [5, 5.41) is 4.83. The second-order valence-electron chi connectivity index (χ2n) is 6.48. The van der Waals surface area contributed by atoms with Crippen molar-refractivity contribution < 1.29 is 9.59 Å². The third-order valence-electron chi connectivity index (χ3n) is 4.68. The number of nitrogens with zero attached hydrogens (tertiary/aromatic N) is 1. The quantitative estimate of drug-likeness (QED) is 0.901. The number of piperazine rings is 1. The summed E-state index contributed by atoms with van der Waals surface area (Å²) >= 11 is 1.67. The summed E-state index contributed by atoms with van der Waals surface area (Å²) in [4.78, 5) is 27.5. The van der Waals surface area contributed by atoms with E-state index in [4.69, 9.17) is 0 Å². The molecule has 2 heterocycles. The number of aryl methyl sites for hydroxylation is 1. The Balaban J connectivity index is 1.95. The fourth-order valence-corrected chi connectivity index (χ4v) is 4.66. The lowest BCUT2D eigenvalue weighted by molar-refractivity contribution is -0.140. The van der Waals surface area contributed by atoms with Crippen LogP contribution in [-0.2, 0) is 15.0 Å². The van der Waals surface area contributed by atoms with Crippen molar-refractivity contribution in [2.45, 2.75) is 32.6 Å². The number of amides is 2. The molecule has 5 heteroatoms. The SMILES string of the molecule is Cc1ccsc1C1(C(=O)N2CCNC(=O)C2)CC1(C)C. The summed E-state index contributed by atoms with van der Waals surface area (Å²) in [7, 11) is 0. The van der Waals surface area contributed by atoms with Gasteiger partial charge in [0, 0.05) is 18.0 Å². The summed E-state index contributed by atoms with van der Waals surface area (Å²) < 4.78 is 0. The molecule has 0 spiro atoms. The molecule has 1 aromatic rings. The normalized spacial score (nSPS) is 28.1. The summed E-state index contributed by atoms with van der Waals surface area (Å²) in [5.41, 5.74) is 0.756. The van der Waals surface area contributed by atoms with Crippen LogP contribution in [0.15, 0.2) is 11.4 Å². The van der Waals surface area contributed by atoms with Gasteiger partial charge in [0.25, 0.3) is 0 Å². The molecule has 2 amide bonds. The minimum atomic E-state index is -0.414. The lowest BCUT2D eigenvalue weighted by Gasteiger charge is -2.32. The van der Waals surface area contributed by atoms with E-state index in [9.17, 15) is 9.59 Å². The summed E-state index contributed by atoms with van der Waals surface area (Å²) in [5.74, 6) is 0.0732. The number of thiophene rings is 1. The number of carbonyl (C=O) groups is 2. The van der Waals surface area contributed by atoms with E-state index < -0.39 is 5.41 Å². The molecule has 3 rings (SSSR count). The molecule has 2 aliphatic rings. The van der Waals surface area contributed by atoms with Gasteiger partial charge in [-0.25, -0.2) is 0 Å². The average Bonchev–Trinajstić information content (AvgIpc) is 2.74. The molecule has 1 N–H and O–H groups in total. The molecule has 20 heavy (non-hydrogen) atoms. The molecule has 4 nitrogen and oxygen atoms in total. The van der Waals surface area contributed by atoms with Crippen LogP contribution in [0.3, 0.4) is 0 Å². The first-order chi connectivity index (χ1) is 9.38. The predicted molar refractivity (Wildman–Crippen MR) is 78.7 cm³/mol. The van der Waals surface area contributed by atoms with Crippen molar-refractivity contribution in [2.75, 3.05) is 19.6 Å². The molecular weight excluding hydrogens is 272 g/mol. The van der Waals surface area contributed by atoms with Gasteiger partial charge in [-0.15, -0.1) is 11.3 Å². The van der Waals surface area contributed by atoms with Crippen molar-refractivity contribution in [1.82, 2.24) is 10.2 Å². The Kier molecular flexibility index (Phi) is 2.94. The molecule has 2 fully saturated rings. The number of hydrogen-bond acceptors (Lipinski definition) is 3. The maximum absolute atomic E-state index is 13.0. The van der Waals surface area contributed by atoms with Gasteiger partial charge in [0.2, 0.25) is 11.8 Å². The molecular formula is C15H20N2O2S. The van der Waals surface area contributed by atoms with Gasteiger partial charge in [0.05, 0.1) is 12.0 Å². The number of hydrogen-bond donors (Lipinski definition) is 1. The van der Waals surface area contributed by atoms with Gasteiger partial charge in [-0.1, -0.05) is 13.8 Å². The van der Waals surface area contributed by atoms with Gasteiger partial charge in [-0.05, 0) is 35.8 Å². The molecule has 1 aromatic heterocycles. The average molecular weight is 292 g/mol. The summed E-state index contributed by atoms with van der Waals surface area (Å²) in [6, 6.07) is 2.08. The number of carbonyl (C=O) groups excluding carboxylic acids is 2. The molecule has 0 bridgehead atoms. The van der Waals surface area contributed by atoms with Gasteiger partial charge in [0.15, 0.2) is 0 Å². The molecule has 0 aromatic carbocycles. The minimum Gasteiger partial charge on any atom is -0.353 e. The van der Waals surface area contributed by atoms with Gasteiger partial charge >= 0.3 is 0 Å². The van der Waals surface area contributed by atoms with Crippen LogP contribution in [0.25, 0.3) is 0 Å². The molecule has 108 valence electrons. The van der Waals surface area contributed by atoms with E-state index >= 15 is 0 Å². The molecule has 1 atom stereocenters. The monoisotopic (exact) mass is 292 g/mol. The topological polar surface area (TPSA) is 49.4 Å². The van der Waals surface area contributed by atoms with Crippen molar-refractivity contribution in [3.63, 3.8) is 0 Å². The number of rotatable bonds is 2. The van der Waals surface area contributed by atoms with Gasteiger partial charge < -0.3 is 10.2 Å². The first kappa shape index (κ1) is 13.6. The van der Waals surface area contributed by atoms with Crippen LogP contribution >= 0.6 is 11.3 Å². The predicted octanol–water partition coefficient (Wildman–Crippen LogP) is 1.68. The van der Waals surface area contributed by atoms with Crippen LogP contribution in [0, 0.1) is 12.3 Å². The van der Waals surface area contributed by atoms with E-state index in [1.54, 1.807) is 16.2 Å². The Morgan fingerprint density at radius 3 is 2.65 bits per heavy atom. The lowest BCUT2D eigenvalue weighted by Crippen LogP contribution is -2.53. The van der Waals surface area contributed by atoms with Crippen LogP contribution in [0.2, 0.25) is 0 Å². The molecule has 1 aliphatic carbocycles. The molecule has 1 saturated carbocycles. The van der Waals surface area contributed by atoms with Crippen molar-refractivity contribution in [1.29, 1.82) is 0 Å². The minimum absolute atomic E-state index is 0.0202. The molecule has 1 unspecified atom stereocenters. The second kappa shape index (κ2) is 4.32. The van der Waals surface area contributed by atoms with Crippen molar-refractivity contribution in [3.8, 4) is 0 Å². The zero-order valence-corrected chi connectivity index (χ0v) is 13.0. The van der Waals surface area contributed by atoms with E-state index in [0.717, 1.165) is 6.42 Å². The molecule has 1 saturated heterocycles. The Morgan fingerprint density at radius 2 is 2.15 bits per heavy atom. The Morgan fingerprint density at radius 1 is 1.45 bits per heavy atom. The zero-order chi connectivity index (χ0) is 14.5. The van der Waals surface area contributed by atoms with Crippen molar-refractivity contribution >= 4 is 23.2 Å². The Hall–Kier alpha value is -1.36. The van der Waals surface area contributed by atoms with Crippen LogP contribution < -0.4 is 5.32 Å². The Labute approximate surface area is 123 Å². The smallest absolute Gasteiger partial charge is 0.239 e. The fourth-order valence-electron chi connectivity index (χ4n) is 3.36. The highest BCUT2D eigenvalue weighted by atomic mass is 32.1. The van der Waals surface area contributed by atoms with Crippen molar-refractivity contribution in [3.05, 3.63) is 21.9 Å². The van der Waals surface area contributed by atoms with Crippen LogP contribution in [0.4, 0.5) is 0 Å². The van der Waals surface area contributed by atoms with E-state index in [2.05, 4.69) is 37.5 Å².